The minimum absolute atomic E-state index is 0.731. The van der Waals surface area contributed by atoms with Crippen LogP contribution in [0.25, 0.3) is 11.1 Å². The summed E-state index contributed by atoms with van der Waals surface area (Å²) < 4.78 is 0. The van der Waals surface area contributed by atoms with Gasteiger partial charge in [-0.15, -0.1) is 0 Å². The van der Waals surface area contributed by atoms with E-state index in [1.54, 1.807) is 0 Å². The molecule has 0 unspecified atom stereocenters. The summed E-state index contributed by atoms with van der Waals surface area (Å²) in [4.78, 5) is 4.06. The van der Waals surface area contributed by atoms with Crippen LogP contribution in [0.4, 0.5) is 0 Å². The summed E-state index contributed by atoms with van der Waals surface area (Å²) in [6, 6.07) is 13.9. The Bertz CT molecular complexity index is 513. The summed E-state index contributed by atoms with van der Waals surface area (Å²) in [6.07, 6.45) is 6.25. The molecule has 2 heteroatoms. The van der Waals surface area contributed by atoms with Crippen molar-refractivity contribution in [1.29, 1.82) is 0 Å². The summed E-state index contributed by atoms with van der Waals surface area (Å²) in [5, 5.41) is 3.51. The second-order valence-corrected chi connectivity index (χ2v) is 5.28. The molecule has 1 N–H and O–H groups in total. The van der Waals surface area contributed by atoms with Gasteiger partial charge in [0, 0.05) is 18.4 Å². The smallest absolute Gasteiger partial charge is 0.0273 e. The van der Waals surface area contributed by atoms with Gasteiger partial charge >= 0.3 is 0 Å². The van der Waals surface area contributed by atoms with Crippen LogP contribution in [0, 0.1) is 0 Å². The molecule has 1 fully saturated rings. The van der Waals surface area contributed by atoms with Crippen molar-refractivity contribution in [3.05, 3.63) is 54.4 Å². The van der Waals surface area contributed by atoms with E-state index < -0.39 is 0 Å². The molecular formula is C17H20N2. The third kappa shape index (κ3) is 2.69. The molecule has 1 aromatic carbocycles. The minimum atomic E-state index is 0.731. The molecule has 0 aliphatic heterocycles. The highest BCUT2D eigenvalue weighted by Gasteiger charge is 2.29. The van der Waals surface area contributed by atoms with Crippen molar-refractivity contribution >= 4 is 0 Å². The van der Waals surface area contributed by atoms with E-state index in [-0.39, 0.29) is 0 Å². The molecular weight excluding hydrogens is 232 g/mol. The lowest BCUT2D eigenvalue weighted by atomic mass is 9.75. The molecule has 19 heavy (non-hydrogen) atoms. The third-order valence-corrected chi connectivity index (χ3v) is 4.03. The van der Waals surface area contributed by atoms with E-state index in [9.17, 15) is 0 Å². The predicted molar refractivity (Wildman–Crippen MR) is 79.1 cm³/mol. The number of pyridine rings is 1. The lowest BCUT2D eigenvalue weighted by molar-refractivity contribution is 0.296. The lowest BCUT2D eigenvalue weighted by Gasteiger charge is -2.36. The maximum Gasteiger partial charge on any atom is 0.0273 e. The summed E-state index contributed by atoms with van der Waals surface area (Å²) in [6.45, 7) is 3.26. The molecule has 0 spiro atoms. The zero-order valence-electron chi connectivity index (χ0n) is 11.3. The molecule has 1 aliphatic carbocycles. The maximum absolute atomic E-state index is 4.06. The monoisotopic (exact) mass is 252 g/mol. The zero-order chi connectivity index (χ0) is 13.1. The summed E-state index contributed by atoms with van der Waals surface area (Å²) >= 11 is 0. The van der Waals surface area contributed by atoms with Crippen LogP contribution >= 0.6 is 0 Å². The van der Waals surface area contributed by atoms with Gasteiger partial charge in [-0.25, -0.2) is 0 Å². The van der Waals surface area contributed by atoms with E-state index in [0.29, 0.717) is 0 Å². The highest BCUT2D eigenvalue weighted by molar-refractivity contribution is 5.63. The van der Waals surface area contributed by atoms with Crippen molar-refractivity contribution in [2.24, 2.45) is 0 Å². The van der Waals surface area contributed by atoms with Gasteiger partial charge in [0.25, 0.3) is 0 Å². The van der Waals surface area contributed by atoms with E-state index in [1.165, 1.54) is 29.5 Å². The van der Waals surface area contributed by atoms with Crippen LogP contribution in [0.15, 0.2) is 48.8 Å². The molecule has 98 valence electrons. The summed E-state index contributed by atoms with van der Waals surface area (Å²) in [5.41, 5.74) is 3.99. The van der Waals surface area contributed by atoms with Crippen LogP contribution in [0.3, 0.4) is 0 Å². The second kappa shape index (κ2) is 5.54. The van der Waals surface area contributed by atoms with E-state index in [4.69, 9.17) is 0 Å². The number of rotatable bonds is 4. The zero-order valence-corrected chi connectivity index (χ0v) is 11.3. The Morgan fingerprint density at radius 1 is 1.00 bits per heavy atom. The van der Waals surface area contributed by atoms with Crippen LogP contribution in [0.5, 0.6) is 0 Å². The van der Waals surface area contributed by atoms with Gasteiger partial charge in [0.05, 0.1) is 0 Å². The number of nitrogens with zero attached hydrogens (tertiary/aromatic N) is 1. The first-order valence-electron chi connectivity index (χ1n) is 7.10. The van der Waals surface area contributed by atoms with E-state index in [1.807, 2.05) is 12.4 Å². The normalized spacial score (nSPS) is 21.9. The molecule has 1 saturated carbocycles. The molecule has 2 aromatic rings. The predicted octanol–water partition coefficient (Wildman–Crippen LogP) is 3.60. The largest absolute Gasteiger partial charge is 0.314 e. The molecule has 0 amide bonds. The average Bonchev–Trinajstić information content (AvgIpc) is 2.44. The Morgan fingerprint density at radius 3 is 2.26 bits per heavy atom. The Hall–Kier alpha value is -1.67. The highest BCUT2D eigenvalue weighted by Crippen LogP contribution is 2.37. The first-order valence-corrected chi connectivity index (χ1v) is 7.10. The van der Waals surface area contributed by atoms with Crippen LogP contribution in [-0.2, 0) is 0 Å². The number of hydrogen-bond donors (Lipinski definition) is 1. The lowest BCUT2D eigenvalue weighted by Crippen LogP contribution is -2.39. The quantitative estimate of drug-likeness (QED) is 0.899. The van der Waals surface area contributed by atoms with E-state index in [0.717, 1.165) is 18.5 Å². The number of aromatic nitrogens is 1. The number of benzene rings is 1. The molecule has 0 atom stereocenters. The molecule has 1 aromatic heterocycles. The minimum Gasteiger partial charge on any atom is -0.314 e. The van der Waals surface area contributed by atoms with Gasteiger partial charge in [0.1, 0.15) is 0 Å². The van der Waals surface area contributed by atoms with E-state index >= 15 is 0 Å². The fourth-order valence-electron chi connectivity index (χ4n) is 2.84. The van der Waals surface area contributed by atoms with Gasteiger partial charge in [0.15, 0.2) is 0 Å². The van der Waals surface area contributed by atoms with E-state index in [2.05, 4.69) is 53.6 Å². The molecule has 0 radical (unpaired) electrons. The van der Waals surface area contributed by atoms with Crippen molar-refractivity contribution in [3.63, 3.8) is 0 Å². The molecule has 2 nitrogen and oxygen atoms in total. The number of hydrogen-bond acceptors (Lipinski definition) is 2. The SMILES string of the molecule is CCNC1CC(c2ccc(-c3ccncc3)cc2)C1. The Balaban J connectivity index is 1.67. The molecule has 3 rings (SSSR count). The van der Waals surface area contributed by atoms with Gasteiger partial charge in [-0.05, 0) is 54.1 Å². The van der Waals surface area contributed by atoms with Crippen LogP contribution in [0.1, 0.15) is 31.2 Å². The van der Waals surface area contributed by atoms with Crippen molar-refractivity contribution in [2.75, 3.05) is 6.54 Å². The van der Waals surface area contributed by atoms with Crippen molar-refractivity contribution in [2.45, 2.75) is 31.7 Å². The second-order valence-electron chi connectivity index (χ2n) is 5.28. The fourth-order valence-corrected chi connectivity index (χ4v) is 2.84. The molecule has 0 bridgehead atoms. The van der Waals surface area contributed by atoms with Crippen LogP contribution in [-0.4, -0.2) is 17.6 Å². The number of nitrogens with one attached hydrogen (secondary N) is 1. The van der Waals surface area contributed by atoms with Gasteiger partial charge in [0.2, 0.25) is 0 Å². The van der Waals surface area contributed by atoms with Gasteiger partial charge in [-0.3, -0.25) is 4.98 Å². The van der Waals surface area contributed by atoms with Crippen molar-refractivity contribution in [1.82, 2.24) is 10.3 Å². The molecule has 0 saturated heterocycles. The summed E-state index contributed by atoms with van der Waals surface area (Å²) in [5.74, 6) is 0.746. The topological polar surface area (TPSA) is 24.9 Å². The first-order chi connectivity index (χ1) is 9.36. The molecule has 1 aliphatic rings. The summed E-state index contributed by atoms with van der Waals surface area (Å²) in [7, 11) is 0. The third-order valence-electron chi connectivity index (χ3n) is 4.03. The highest BCUT2D eigenvalue weighted by atomic mass is 14.9. The Kier molecular flexibility index (Phi) is 3.60. The Morgan fingerprint density at radius 2 is 1.63 bits per heavy atom. The van der Waals surface area contributed by atoms with Crippen LogP contribution in [0.2, 0.25) is 0 Å². The van der Waals surface area contributed by atoms with Gasteiger partial charge < -0.3 is 5.32 Å². The first kappa shape index (κ1) is 12.4. The standard InChI is InChI=1S/C17H20N2/c1-2-19-17-11-16(12-17)14-5-3-13(4-6-14)15-7-9-18-10-8-15/h3-10,16-17,19H,2,11-12H2,1H3. The average molecular weight is 252 g/mol. The van der Waals surface area contributed by atoms with Crippen molar-refractivity contribution < 1.29 is 0 Å². The Labute approximate surface area is 114 Å². The van der Waals surface area contributed by atoms with Crippen LogP contribution < -0.4 is 5.32 Å². The fraction of sp³-hybridized carbons (Fsp3) is 0.353. The van der Waals surface area contributed by atoms with Crippen molar-refractivity contribution in [3.8, 4) is 11.1 Å². The molecule has 1 heterocycles. The maximum atomic E-state index is 4.06. The van der Waals surface area contributed by atoms with Gasteiger partial charge in [-0.1, -0.05) is 31.2 Å². The van der Waals surface area contributed by atoms with Gasteiger partial charge in [-0.2, -0.15) is 0 Å².